The van der Waals surface area contributed by atoms with Gasteiger partial charge in [0.05, 0.1) is 7.11 Å². The third-order valence-electron chi connectivity index (χ3n) is 3.90. The lowest BCUT2D eigenvalue weighted by Crippen LogP contribution is -2.42. The summed E-state index contributed by atoms with van der Waals surface area (Å²) in [7, 11) is 1.60. The topological polar surface area (TPSA) is 66.8 Å². The van der Waals surface area contributed by atoms with Gasteiger partial charge in [-0.15, -0.1) is 0 Å². The van der Waals surface area contributed by atoms with E-state index in [4.69, 9.17) is 9.84 Å². The highest BCUT2D eigenvalue weighted by Crippen LogP contribution is 2.29. The van der Waals surface area contributed by atoms with Gasteiger partial charge in [0.2, 0.25) is 5.91 Å². The Bertz CT molecular complexity index is 515. The molecule has 0 aliphatic heterocycles. The maximum absolute atomic E-state index is 12.5. The molecule has 122 valence electrons. The fraction of sp³-hybridized carbons (Fsp3) is 0.529. The maximum Gasteiger partial charge on any atom is 0.323 e. The summed E-state index contributed by atoms with van der Waals surface area (Å²) in [4.78, 5) is 24.9. The molecule has 1 aromatic rings. The van der Waals surface area contributed by atoms with Gasteiger partial charge in [-0.05, 0) is 30.9 Å². The molecule has 0 bridgehead atoms. The van der Waals surface area contributed by atoms with Crippen LogP contribution in [0.25, 0.3) is 0 Å². The Morgan fingerprint density at radius 2 is 1.91 bits per heavy atom. The number of amides is 1. The van der Waals surface area contributed by atoms with Crippen LogP contribution >= 0.6 is 0 Å². The van der Waals surface area contributed by atoms with Crippen molar-refractivity contribution in [1.29, 1.82) is 0 Å². The highest BCUT2D eigenvalue weighted by atomic mass is 16.5. The van der Waals surface area contributed by atoms with Crippen molar-refractivity contribution in [2.45, 2.75) is 45.6 Å². The minimum absolute atomic E-state index is 0.0380. The quantitative estimate of drug-likeness (QED) is 0.802. The number of carboxylic acids is 1. The van der Waals surface area contributed by atoms with Gasteiger partial charge in [0.25, 0.3) is 0 Å². The number of methoxy groups -OCH3 is 1. The van der Waals surface area contributed by atoms with Crippen LogP contribution < -0.4 is 4.74 Å². The zero-order chi connectivity index (χ0) is 16.7. The van der Waals surface area contributed by atoms with Crippen molar-refractivity contribution in [1.82, 2.24) is 4.90 Å². The van der Waals surface area contributed by atoms with Crippen molar-refractivity contribution in [3.8, 4) is 5.75 Å². The Hall–Kier alpha value is -2.04. The number of ether oxygens (including phenoxy) is 1. The molecule has 0 saturated heterocycles. The molecule has 2 unspecified atom stereocenters. The second-order valence-corrected chi connectivity index (χ2v) is 5.52. The molecule has 1 N–H and O–H groups in total. The molecule has 0 aromatic heterocycles. The number of hydrogen-bond donors (Lipinski definition) is 1. The molecular formula is C17H25NO4. The molecule has 0 spiro atoms. The first-order valence-corrected chi connectivity index (χ1v) is 7.54. The van der Waals surface area contributed by atoms with Gasteiger partial charge in [-0.1, -0.05) is 32.0 Å². The molecule has 1 amide bonds. The summed E-state index contributed by atoms with van der Waals surface area (Å²) in [6.45, 7) is 5.50. The molecule has 22 heavy (non-hydrogen) atoms. The summed E-state index contributed by atoms with van der Waals surface area (Å²) in [5.41, 5.74) is 0.956. The molecule has 0 saturated carbocycles. The van der Waals surface area contributed by atoms with E-state index in [0.29, 0.717) is 0 Å². The molecule has 1 rings (SSSR count). The van der Waals surface area contributed by atoms with E-state index in [2.05, 4.69) is 0 Å². The van der Waals surface area contributed by atoms with E-state index in [-0.39, 0.29) is 30.8 Å². The highest BCUT2D eigenvalue weighted by Gasteiger charge is 2.24. The standard InChI is InChI=1S/C17H25NO4/c1-5-13(3)18(11-17(20)21)16(19)10-12(2)14-8-6-7-9-15(14)22-4/h6-9,12-13H,5,10-11H2,1-4H3,(H,20,21). The van der Waals surface area contributed by atoms with E-state index in [1.165, 1.54) is 4.90 Å². The number of hydrogen-bond acceptors (Lipinski definition) is 3. The Kier molecular flexibility index (Phi) is 6.89. The summed E-state index contributed by atoms with van der Waals surface area (Å²) < 4.78 is 5.32. The third-order valence-corrected chi connectivity index (χ3v) is 3.90. The average Bonchev–Trinajstić information content (AvgIpc) is 2.51. The fourth-order valence-electron chi connectivity index (χ4n) is 2.42. The lowest BCUT2D eigenvalue weighted by Gasteiger charge is -2.28. The molecule has 0 aliphatic carbocycles. The summed E-state index contributed by atoms with van der Waals surface area (Å²) in [5, 5.41) is 9.00. The van der Waals surface area contributed by atoms with E-state index in [1.54, 1.807) is 7.11 Å². The Morgan fingerprint density at radius 3 is 2.45 bits per heavy atom. The lowest BCUT2D eigenvalue weighted by atomic mass is 9.96. The van der Waals surface area contributed by atoms with E-state index in [9.17, 15) is 9.59 Å². The van der Waals surface area contributed by atoms with Crippen LogP contribution in [0.3, 0.4) is 0 Å². The van der Waals surface area contributed by atoms with E-state index >= 15 is 0 Å². The van der Waals surface area contributed by atoms with Gasteiger partial charge in [-0.2, -0.15) is 0 Å². The Balaban J connectivity index is 2.85. The van der Waals surface area contributed by atoms with Gasteiger partial charge in [-0.25, -0.2) is 0 Å². The normalized spacial score (nSPS) is 13.3. The van der Waals surface area contributed by atoms with Crippen molar-refractivity contribution in [3.05, 3.63) is 29.8 Å². The first-order chi connectivity index (χ1) is 10.4. The van der Waals surface area contributed by atoms with E-state index in [0.717, 1.165) is 17.7 Å². The summed E-state index contributed by atoms with van der Waals surface area (Å²) >= 11 is 0. The second kappa shape index (κ2) is 8.41. The van der Waals surface area contributed by atoms with Gasteiger partial charge in [0.1, 0.15) is 12.3 Å². The van der Waals surface area contributed by atoms with Crippen LogP contribution in [0, 0.1) is 0 Å². The lowest BCUT2D eigenvalue weighted by molar-refractivity contribution is -0.146. The SMILES string of the molecule is CCC(C)N(CC(=O)O)C(=O)CC(C)c1ccccc1OC. The molecule has 5 nitrogen and oxygen atoms in total. The average molecular weight is 307 g/mol. The maximum atomic E-state index is 12.5. The number of aliphatic carboxylic acids is 1. The monoisotopic (exact) mass is 307 g/mol. The predicted molar refractivity (Wildman–Crippen MR) is 85.1 cm³/mol. The zero-order valence-corrected chi connectivity index (χ0v) is 13.7. The number of carbonyl (C=O) groups is 2. The zero-order valence-electron chi connectivity index (χ0n) is 13.7. The van der Waals surface area contributed by atoms with Crippen molar-refractivity contribution in [3.63, 3.8) is 0 Å². The number of carbonyl (C=O) groups excluding carboxylic acids is 1. The number of rotatable bonds is 8. The predicted octanol–water partition coefficient (Wildman–Crippen LogP) is 2.90. The summed E-state index contributed by atoms with van der Waals surface area (Å²) in [5.74, 6) is -0.422. The molecule has 0 heterocycles. The molecule has 0 aliphatic rings. The van der Waals surface area contributed by atoms with Crippen LogP contribution in [0.1, 0.15) is 45.1 Å². The minimum atomic E-state index is -0.987. The van der Waals surface area contributed by atoms with Gasteiger partial charge < -0.3 is 14.7 Å². The molecular weight excluding hydrogens is 282 g/mol. The Labute approximate surface area is 131 Å². The summed E-state index contributed by atoms with van der Waals surface area (Å²) in [6, 6.07) is 7.49. The van der Waals surface area contributed by atoms with Crippen molar-refractivity contribution in [2.75, 3.05) is 13.7 Å². The van der Waals surface area contributed by atoms with Crippen LogP contribution in [0.15, 0.2) is 24.3 Å². The first-order valence-electron chi connectivity index (χ1n) is 7.54. The van der Waals surface area contributed by atoms with Gasteiger partial charge in [0, 0.05) is 12.5 Å². The molecule has 0 radical (unpaired) electrons. The van der Waals surface area contributed by atoms with Gasteiger partial charge in [0.15, 0.2) is 0 Å². The van der Waals surface area contributed by atoms with E-state index < -0.39 is 5.97 Å². The van der Waals surface area contributed by atoms with Crippen molar-refractivity contribution < 1.29 is 19.4 Å². The molecule has 0 fully saturated rings. The smallest absolute Gasteiger partial charge is 0.323 e. The largest absolute Gasteiger partial charge is 0.496 e. The minimum Gasteiger partial charge on any atom is -0.496 e. The van der Waals surface area contributed by atoms with Crippen molar-refractivity contribution in [2.24, 2.45) is 0 Å². The Morgan fingerprint density at radius 1 is 1.27 bits per heavy atom. The van der Waals surface area contributed by atoms with Gasteiger partial charge in [-0.3, -0.25) is 9.59 Å². The number of carboxylic acid groups (broad SMARTS) is 1. The van der Waals surface area contributed by atoms with Crippen LogP contribution in [0.4, 0.5) is 0 Å². The van der Waals surface area contributed by atoms with Crippen LogP contribution in [0.5, 0.6) is 5.75 Å². The third kappa shape index (κ3) is 4.76. The number of nitrogens with zero attached hydrogens (tertiary/aromatic N) is 1. The number of para-hydroxylation sites is 1. The van der Waals surface area contributed by atoms with Crippen molar-refractivity contribution >= 4 is 11.9 Å². The van der Waals surface area contributed by atoms with Gasteiger partial charge >= 0.3 is 5.97 Å². The van der Waals surface area contributed by atoms with Crippen LogP contribution in [0.2, 0.25) is 0 Å². The van der Waals surface area contributed by atoms with Crippen LogP contribution in [-0.2, 0) is 9.59 Å². The summed E-state index contributed by atoms with van der Waals surface area (Å²) in [6.07, 6.45) is 0.986. The highest BCUT2D eigenvalue weighted by molar-refractivity contribution is 5.82. The molecule has 5 heteroatoms. The van der Waals surface area contributed by atoms with E-state index in [1.807, 2.05) is 45.0 Å². The molecule has 1 aromatic carbocycles. The second-order valence-electron chi connectivity index (χ2n) is 5.52. The first kappa shape index (κ1) is 18.0. The fourth-order valence-corrected chi connectivity index (χ4v) is 2.42. The number of benzene rings is 1. The molecule has 2 atom stereocenters. The van der Waals surface area contributed by atoms with Crippen LogP contribution in [-0.4, -0.2) is 41.6 Å².